The second-order valence-electron chi connectivity index (χ2n) is 8.24. The van der Waals surface area contributed by atoms with Crippen LogP contribution >= 0.6 is 0 Å². The molecule has 1 aliphatic rings. The van der Waals surface area contributed by atoms with Gasteiger partial charge in [-0.25, -0.2) is 24.3 Å². The fraction of sp³-hybridized carbons (Fsp3) is 0.333. The Morgan fingerprint density at radius 3 is 2.59 bits per heavy atom. The molecule has 0 bridgehead atoms. The van der Waals surface area contributed by atoms with E-state index in [-0.39, 0.29) is 6.03 Å². The first-order valence-electron chi connectivity index (χ1n) is 10.9. The third-order valence-corrected chi connectivity index (χ3v) is 5.57. The summed E-state index contributed by atoms with van der Waals surface area (Å²) < 4.78 is 1.76. The summed E-state index contributed by atoms with van der Waals surface area (Å²) >= 11 is 0. The van der Waals surface area contributed by atoms with Crippen molar-refractivity contribution in [2.75, 3.05) is 56.2 Å². The van der Waals surface area contributed by atoms with E-state index >= 15 is 0 Å². The standard InChI is InChI=1S/C21H26N12O/c1-13-24-14(12-15(22)25-13)19-20(26-16-6-7-23-28-16)27-17-4-5-18(29-33(17)19)31-8-10-32(11-9-31)21(34)30(2)3/h4-7,12H,8-11H2,1-3H3,(H2,22,24,25)(H2,23,26,28). The molecule has 2 amide bonds. The average molecular weight is 463 g/mol. The number of rotatable bonds is 4. The van der Waals surface area contributed by atoms with E-state index in [2.05, 4.69) is 30.4 Å². The van der Waals surface area contributed by atoms with E-state index in [9.17, 15) is 4.79 Å². The van der Waals surface area contributed by atoms with Gasteiger partial charge in [0.25, 0.3) is 0 Å². The van der Waals surface area contributed by atoms with Gasteiger partial charge in [-0.2, -0.15) is 5.10 Å². The van der Waals surface area contributed by atoms with Crippen LogP contribution in [0, 0.1) is 6.92 Å². The fourth-order valence-corrected chi connectivity index (χ4v) is 3.98. The molecule has 34 heavy (non-hydrogen) atoms. The molecule has 1 fully saturated rings. The summed E-state index contributed by atoms with van der Waals surface area (Å²) in [7, 11) is 3.53. The molecular weight excluding hydrogens is 436 g/mol. The van der Waals surface area contributed by atoms with E-state index in [0.717, 1.165) is 5.82 Å². The van der Waals surface area contributed by atoms with Gasteiger partial charge in [-0.3, -0.25) is 5.10 Å². The number of aryl methyl sites for hydroxylation is 1. The summed E-state index contributed by atoms with van der Waals surface area (Å²) in [6.07, 6.45) is 1.65. The Morgan fingerprint density at radius 1 is 1.12 bits per heavy atom. The van der Waals surface area contributed by atoms with Crippen molar-refractivity contribution < 1.29 is 4.79 Å². The molecule has 0 unspecified atom stereocenters. The normalized spacial score (nSPS) is 14.0. The third-order valence-electron chi connectivity index (χ3n) is 5.57. The van der Waals surface area contributed by atoms with Gasteiger partial charge in [-0.05, 0) is 19.1 Å². The van der Waals surface area contributed by atoms with Crippen LogP contribution in [0.2, 0.25) is 0 Å². The lowest BCUT2D eigenvalue weighted by Gasteiger charge is -2.36. The van der Waals surface area contributed by atoms with Gasteiger partial charge in [-0.15, -0.1) is 5.10 Å². The van der Waals surface area contributed by atoms with Crippen molar-refractivity contribution in [3.63, 3.8) is 0 Å². The molecule has 0 aromatic carbocycles. The Labute approximate surface area is 195 Å². The fourth-order valence-electron chi connectivity index (χ4n) is 3.98. The number of nitrogens with two attached hydrogens (primary N) is 1. The third kappa shape index (κ3) is 4.02. The molecule has 0 radical (unpaired) electrons. The molecule has 5 rings (SSSR count). The summed E-state index contributed by atoms with van der Waals surface area (Å²) in [5, 5.41) is 15.0. The lowest BCUT2D eigenvalue weighted by Crippen LogP contribution is -2.51. The van der Waals surface area contributed by atoms with Crippen molar-refractivity contribution in [2.24, 2.45) is 0 Å². The molecule has 13 heteroatoms. The van der Waals surface area contributed by atoms with Gasteiger partial charge in [0.2, 0.25) is 0 Å². The van der Waals surface area contributed by atoms with Gasteiger partial charge in [0.15, 0.2) is 11.5 Å². The Kier molecular flexibility index (Phi) is 5.36. The molecule has 0 saturated carbocycles. The summed E-state index contributed by atoms with van der Waals surface area (Å²) in [5.74, 6) is 2.95. The highest BCUT2D eigenvalue weighted by atomic mass is 16.2. The van der Waals surface area contributed by atoms with Crippen LogP contribution in [0.1, 0.15) is 5.82 Å². The number of carbonyl (C=O) groups excluding carboxylic acids is 1. The van der Waals surface area contributed by atoms with Crippen molar-refractivity contribution in [3.05, 3.63) is 36.3 Å². The van der Waals surface area contributed by atoms with E-state index in [1.165, 1.54) is 0 Å². The number of carbonyl (C=O) groups is 1. The second-order valence-corrected chi connectivity index (χ2v) is 8.24. The topological polar surface area (TPSA) is 149 Å². The zero-order valence-electron chi connectivity index (χ0n) is 19.2. The monoisotopic (exact) mass is 462 g/mol. The van der Waals surface area contributed by atoms with Gasteiger partial charge in [0, 0.05) is 52.4 Å². The first kappa shape index (κ1) is 21.4. The molecule has 1 saturated heterocycles. The molecular formula is C21H26N12O. The minimum absolute atomic E-state index is 0.0196. The lowest BCUT2D eigenvalue weighted by molar-refractivity contribution is 0.168. The quantitative estimate of drug-likeness (QED) is 0.408. The molecule has 1 aliphatic heterocycles. The summed E-state index contributed by atoms with van der Waals surface area (Å²) in [5.41, 5.74) is 7.93. The molecule has 0 spiro atoms. The zero-order valence-corrected chi connectivity index (χ0v) is 19.2. The molecule has 0 aliphatic carbocycles. The average Bonchev–Trinajstić information content (AvgIpc) is 3.45. The van der Waals surface area contributed by atoms with Crippen molar-refractivity contribution >= 4 is 34.9 Å². The Bertz CT molecular complexity index is 1300. The van der Waals surface area contributed by atoms with Crippen LogP contribution in [0.15, 0.2) is 30.5 Å². The van der Waals surface area contributed by atoms with Gasteiger partial charge in [0.1, 0.15) is 29.0 Å². The second kappa shape index (κ2) is 8.50. The van der Waals surface area contributed by atoms with Gasteiger partial charge >= 0.3 is 6.03 Å². The first-order chi connectivity index (χ1) is 16.4. The van der Waals surface area contributed by atoms with Gasteiger partial charge < -0.3 is 25.8 Å². The largest absolute Gasteiger partial charge is 0.384 e. The van der Waals surface area contributed by atoms with Crippen molar-refractivity contribution in [1.82, 2.24) is 44.6 Å². The summed E-state index contributed by atoms with van der Waals surface area (Å²) in [4.78, 5) is 31.4. The van der Waals surface area contributed by atoms with E-state index in [0.29, 0.717) is 66.5 Å². The molecule has 4 aromatic rings. The van der Waals surface area contributed by atoms with Crippen LogP contribution in [0.3, 0.4) is 0 Å². The van der Waals surface area contributed by atoms with Gasteiger partial charge in [-0.1, -0.05) is 0 Å². The Hall–Kier alpha value is -4.42. The number of urea groups is 1. The van der Waals surface area contributed by atoms with Gasteiger partial charge in [0.05, 0.1) is 11.9 Å². The molecule has 5 heterocycles. The number of nitrogens with one attached hydrogen (secondary N) is 2. The Morgan fingerprint density at radius 2 is 1.91 bits per heavy atom. The van der Waals surface area contributed by atoms with Crippen LogP contribution in [0.4, 0.5) is 28.1 Å². The van der Waals surface area contributed by atoms with Crippen molar-refractivity contribution in [2.45, 2.75) is 6.92 Å². The molecule has 176 valence electrons. The maximum absolute atomic E-state index is 12.3. The summed E-state index contributed by atoms with van der Waals surface area (Å²) in [6, 6.07) is 7.38. The minimum atomic E-state index is 0.0196. The number of hydrogen-bond acceptors (Lipinski definition) is 9. The number of amides is 2. The SMILES string of the molecule is Cc1nc(N)cc(-c2c(Nc3ccn[nH]3)nc3ccc(N4CCN(C(=O)N(C)C)CC4)nn23)n1. The maximum atomic E-state index is 12.3. The minimum Gasteiger partial charge on any atom is -0.384 e. The number of aromatic nitrogens is 7. The smallest absolute Gasteiger partial charge is 0.319 e. The molecule has 13 nitrogen and oxygen atoms in total. The van der Waals surface area contributed by atoms with Crippen LogP contribution in [0.25, 0.3) is 17.0 Å². The van der Waals surface area contributed by atoms with E-state index in [4.69, 9.17) is 15.8 Å². The predicted molar refractivity (Wildman–Crippen MR) is 128 cm³/mol. The van der Waals surface area contributed by atoms with E-state index in [1.54, 1.807) is 48.8 Å². The van der Waals surface area contributed by atoms with Crippen molar-refractivity contribution in [3.8, 4) is 11.4 Å². The number of hydrogen-bond donors (Lipinski definition) is 3. The molecule has 4 aromatic heterocycles. The number of nitrogen functional groups attached to an aromatic ring is 1. The predicted octanol–water partition coefficient (Wildman–Crippen LogP) is 1.35. The number of aromatic amines is 1. The van der Waals surface area contributed by atoms with Crippen LogP contribution in [-0.2, 0) is 0 Å². The summed E-state index contributed by atoms with van der Waals surface area (Å²) in [6.45, 7) is 4.41. The van der Waals surface area contributed by atoms with Crippen LogP contribution in [-0.4, -0.2) is 90.9 Å². The first-order valence-corrected chi connectivity index (χ1v) is 10.9. The highest BCUT2D eigenvalue weighted by molar-refractivity contribution is 5.78. The maximum Gasteiger partial charge on any atom is 0.319 e. The highest BCUT2D eigenvalue weighted by Crippen LogP contribution is 2.31. The van der Waals surface area contributed by atoms with E-state index < -0.39 is 0 Å². The Balaban J connectivity index is 1.53. The zero-order chi connectivity index (χ0) is 23.8. The number of fused-ring (bicyclic) bond motifs is 1. The van der Waals surface area contributed by atoms with Crippen LogP contribution < -0.4 is 16.0 Å². The highest BCUT2D eigenvalue weighted by Gasteiger charge is 2.24. The lowest BCUT2D eigenvalue weighted by atomic mass is 10.2. The molecule has 4 N–H and O–H groups in total. The number of anilines is 4. The van der Waals surface area contributed by atoms with Crippen molar-refractivity contribution in [1.29, 1.82) is 0 Å². The molecule has 0 atom stereocenters. The number of piperazine rings is 1. The number of nitrogens with zero attached hydrogens (tertiary/aromatic N) is 9. The van der Waals surface area contributed by atoms with Crippen LogP contribution in [0.5, 0.6) is 0 Å². The number of imidazole rings is 1. The number of H-pyrrole nitrogens is 1. The van der Waals surface area contributed by atoms with E-state index in [1.807, 2.05) is 17.0 Å².